The van der Waals surface area contributed by atoms with E-state index in [0.29, 0.717) is 38.5 Å². The number of rotatable bonds is 4. The standard InChI is InChI=1S/C11H19N5O2S/c1-19(17,18)16-7-5-15(6-8-16)9-10-3-2-4-13-11(10)14-12/h2-4H,5-9,12H2,1H3,(H,13,14). The molecule has 106 valence electrons. The van der Waals surface area contributed by atoms with Crippen molar-refractivity contribution in [3.05, 3.63) is 23.9 Å². The molecule has 0 amide bonds. The Morgan fingerprint density at radius 3 is 2.63 bits per heavy atom. The van der Waals surface area contributed by atoms with Gasteiger partial charge >= 0.3 is 0 Å². The number of piperazine rings is 1. The van der Waals surface area contributed by atoms with Crippen molar-refractivity contribution in [1.29, 1.82) is 0 Å². The fourth-order valence-electron chi connectivity index (χ4n) is 2.16. The van der Waals surface area contributed by atoms with E-state index in [9.17, 15) is 8.42 Å². The lowest BCUT2D eigenvalue weighted by Gasteiger charge is -2.33. The number of hydrazine groups is 1. The first kappa shape index (κ1) is 14.2. The van der Waals surface area contributed by atoms with Gasteiger partial charge in [-0.25, -0.2) is 19.2 Å². The van der Waals surface area contributed by atoms with Gasteiger partial charge in [0.1, 0.15) is 5.82 Å². The number of nitrogen functional groups attached to an aromatic ring is 1. The van der Waals surface area contributed by atoms with E-state index in [2.05, 4.69) is 15.3 Å². The molecule has 3 N–H and O–H groups in total. The summed E-state index contributed by atoms with van der Waals surface area (Å²) >= 11 is 0. The summed E-state index contributed by atoms with van der Waals surface area (Å²) in [7, 11) is -3.07. The number of pyridine rings is 1. The second-order valence-corrected chi connectivity index (χ2v) is 6.58. The molecule has 19 heavy (non-hydrogen) atoms. The van der Waals surface area contributed by atoms with Crippen molar-refractivity contribution >= 4 is 15.8 Å². The van der Waals surface area contributed by atoms with E-state index in [0.717, 1.165) is 5.56 Å². The minimum Gasteiger partial charge on any atom is -0.308 e. The number of hydrogen-bond acceptors (Lipinski definition) is 6. The van der Waals surface area contributed by atoms with Gasteiger partial charge in [-0.2, -0.15) is 4.31 Å². The average molecular weight is 285 g/mol. The van der Waals surface area contributed by atoms with Crippen molar-refractivity contribution in [2.75, 3.05) is 37.9 Å². The maximum Gasteiger partial charge on any atom is 0.211 e. The Kier molecular flexibility index (Phi) is 4.35. The predicted molar refractivity (Wildman–Crippen MR) is 73.7 cm³/mol. The van der Waals surface area contributed by atoms with Crippen LogP contribution >= 0.6 is 0 Å². The number of nitrogens with zero attached hydrogens (tertiary/aromatic N) is 3. The molecule has 0 unspecified atom stereocenters. The van der Waals surface area contributed by atoms with Crippen LogP contribution in [0, 0.1) is 0 Å². The Balaban J connectivity index is 1.96. The second kappa shape index (κ2) is 5.83. The van der Waals surface area contributed by atoms with Crippen molar-refractivity contribution in [2.45, 2.75) is 6.54 Å². The van der Waals surface area contributed by atoms with Crippen LogP contribution in [0.2, 0.25) is 0 Å². The lowest BCUT2D eigenvalue weighted by atomic mass is 10.2. The lowest BCUT2D eigenvalue weighted by Crippen LogP contribution is -2.47. The van der Waals surface area contributed by atoms with Gasteiger partial charge in [0.15, 0.2) is 0 Å². The zero-order chi connectivity index (χ0) is 13.9. The van der Waals surface area contributed by atoms with Crippen LogP contribution < -0.4 is 11.3 Å². The van der Waals surface area contributed by atoms with Gasteiger partial charge in [0.05, 0.1) is 6.26 Å². The molecule has 0 saturated carbocycles. The lowest BCUT2D eigenvalue weighted by molar-refractivity contribution is 0.182. The summed E-state index contributed by atoms with van der Waals surface area (Å²) in [5.41, 5.74) is 3.59. The fraction of sp³-hybridized carbons (Fsp3) is 0.545. The summed E-state index contributed by atoms with van der Waals surface area (Å²) in [6.07, 6.45) is 2.93. The molecule has 8 heteroatoms. The van der Waals surface area contributed by atoms with Crippen molar-refractivity contribution in [2.24, 2.45) is 5.84 Å². The third kappa shape index (κ3) is 3.63. The minimum atomic E-state index is -3.07. The molecule has 0 aromatic carbocycles. The Bertz CT molecular complexity index is 526. The highest BCUT2D eigenvalue weighted by Crippen LogP contribution is 2.15. The van der Waals surface area contributed by atoms with Gasteiger partial charge in [-0.3, -0.25) is 4.90 Å². The molecule has 0 bridgehead atoms. The minimum absolute atomic E-state index is 0.532. The van der Waals surface area contributed by atoms with E-state index in [1.54, 1.807) is 6.20 Å². The predicted octanol–water partition coefficient (Wildman–Crippen LogP) is -0.556. The number of sulfonamides is 1. The zero-order valence-corrected chi connectivity index (χ0v) is 11.7. The molecule has 1 saturated heterocycles. The average Bonchev–Trinajstić information content (AvgIpc) is 2.39. The van der Waals surface area contributed by atoms with Gasteiger partial charge in [-0.05, 0) is 6.07 Å². The molecule has 2 rings (SSSR count). The summed E-state index contributed by atoms with van der Waals surface area (Å²) < 4.78 is 24.4. The molecular weight excluding hydrogens is 266 g/mol. The maximum atomic E-state index is 11.4. The van der Waals surface area contributed by atoms with Crippen LogP contribution in [0.1, 0.15) is 5.56 Å². The van der Waals surface area contributed by atoms with Crippen molar-refractivity contribution in [3.63, 3.8) is 0 Å². The number of anilines is 1. The van der Waals surface area contributed by atoms with E-state index < -0.39 is 10.0 Å². The molecule has 1 fully saturated rings. The monoisotopic (exact) mass is 285 g/mol. The van der Waals surface area contributed by atoms with E-state index in [1.807, 2.05) is 12.1 Å². The Morgan fingerprint density at radius 1 is 1.37 bits per heavy atom. The molecule has 1 aromatic rings. The molecular formula is C11H19N5O2S. The number of nitrogens with two attached hydrogens (primary N) is 1. The molecule has 0 spiro atoms. The third-order valence-electron chi connectivity index (χ3n) is 3.22. The summed E-state index contributed by atoms with van der Waals surface area (Å²) in [6.45, 7) is 3.21. The van der Waals surface area contributed by atoms with Crippen LogP contribution in [0.5, 0.6) is 0 Å². The van der Waals surface area contributed by atoms with Crippen molar-refractivity contribution in [3.8, 4) is 0 Å². The molecule has 1 aliphatic heterocycles. The van der Waals surface area contributed by atoms with Gasteiger partial charge in [0, 0.05) is 44.5 Å². The first-order chi connectivity index (χ1) is 9.00. The number of nitrogens with one attached hydrogen (secondary N) is 1. The highest BCUT2D eigenvalue weighted by molar-refractivity contribution is 7.88. The fourth-order valence-corrected chi connectivity index (χ4v) is 2.98. The van der Waals surface area contributed by atoms with Crippen LogP contribution in [0.3, 0.4) is 0 Å². The summed E-state index contributed by atoms with van der Waals surface area (Å²) in [5.74, 6) is 6.08. The highest BCUT2D eigenvalue weighted by Gasteiger charge is 2.23. The van der Waals surface area contributed by atoms with Crippen molar-refractivity contribution < 1.29 is 8.42 Å². The summed E-state index contributed by atoms with van der Waals surface area (Å²) in [6, 6.07) is 3.83. The van der Waals surface area contributed by atoms with Crippen LogP contribution in [-0.4, -0.2) is 55.0 Å². The smallest absolute Gasteiger partial charge is 0.211 e. The molecule has 0 aliphatic carbocycles. The van der Waals surface area contributed by atoms with E-state index >= 15 is 0 Å². The van der Waals surface area contributed by atoms with Gasteiger partial charge in [-0.1, -0.05) is 6.07 Å². The molecule has 7 nitrogen and oxygen atoms in total. The second-order valence-electron chi connectivity index (χ2n) is 4.59. The SMILES string of the molecule is CS(=O)(=O)N1CCN(Cc2cccnc2NN)CC1. The first-order valence-electron chi connectivity index (χ1n) is 6.08. The molecule has 0 radical (unpaired) electrons. The normalized spacial score (nSPS) is 18.4. The van der Waals surface area contributed by atoms with Crippen LogP contribution in [-0.2, 0) is 16.6 Å². The topological polar surface area (TPSA) is 91.6 Å². The van der Waals surface area contributed by atoms with Gasteiger partial charge in [-0.15, -0.1) is 0 Å². The van der Waals surface area contributed by atoms with Gasteiger partial charge < -0.3 is 5.43 Å². The van der Waals surface area contributed by atoms with Crippen LogP contribution in [0.4, 0.5) is 5.82 Å². The van der Waals surface area contributed by atoms with E-state index in [-0.39, 0.29) is 0 Å². The molecule has 1 aliphatic rings. The third-order valence-corrected chi connectivity index (χ3v) is 4.53. The first-order valence-corrected chi connectivity index (χ1v) is 7.93. The molecule has 0 atom stereocenters. The Morgan fingerprint density at radius 2 is 2.05 bits per heavy atom. The zero-order valence-electron chi connectivity index (χ0n) is 10.9. The van der Waals surface area contributed by atoms with Gasteiger partial charge in [0.2, 0.25) is 10.0 Å². The summed E-state index contributed by atoms with van der Waals surface area (Å²) in [5, 5.41) is 0. The summed E-state index contributed by atoms with van der Waals surface area (Å²) in [4.78, 5) is 6.34. The Hall–Kier alpha value is -1.22. The van der Waals surface area contributed by atoms with Crippen LogP contribution in [0.15, 0.2) is 18.3 Å². The van der Waals surface area contributed by atoms with Gasteiger partial charge in [0.25, 0.3) is 0 Å². The maximum absolute atomic E-state index is 11.4. The number of hydrogen-bond donors (Lipinski definition) is 2. The molecule has 2 heterocycles. The number of aromatic nitrogens is 1. The van der Waals surface area contributed by atoms with Crippen LogP contribution in [0.25, 0.3) is 0 Å². The molecule has 1 aromatic heterocycles. The quantitative estimate of drug-likeness (QED) is 0.569. The Labute approximate surface area is 113 Å². The largest absolute Gasteiger partial charge is 0.308 e. The van der Waals surface area contributed by atoms with Crippen molar-refractivity contribution in [1.82, 2.24) is 14.2 Å². The van der Waals surface area contributed by atoms with E-state index in [4.69, 9.17) is 5.84 Å². The van der Waals surface area contributed by atoms with E-state index in [1.165, 1.54) is 10.6 Å². The highest BCUT2D eigenvalue weighted by atomic mass is 32.2.